The Morgan fingerprint density at radius 3 is 2.72 bits per heavy atom. The lowest BCUT2D eigenvalue weighted by molar-refractivity contribution is 0.454. The van der Waals surface area contributed by atoms with Crippen molar-refractivity contribution in [1.82, 2.24) is 10.3 Å². The number of oxazole rings is 1. The molecule has 1 aliphatic carbocycles. The number of hydrogen-bond donors (Lipinski definition) is 1. The van der Waals surface area contributed by atoms with Gasteiger partial charge in [0.25, 0.3) is 5.22 Å². The second-order valence-electron chi connectivity index (χ2n) is 4.66. The van der Waals surface area contributed by atoms with Crippen molar-refractivity contribution in [3.63, 3.8) is 0 Å². The zero-order valence-corrected chi connectivity index (χ0v) is 11.2. The Hall–Kier alpha value is -1.26. The van der Waals surface area contributed by atoms with E-state index in [0.717, 1.165) is 23.2 Å². The number of aryl methyl sites for hydroxylation is 1. The molecule has 3 rings (SSSR count). The summed E-state index contributed by atoms with van der Waals surface area (Å²) in [5, 5.41) is 4.21. The third kappa shape index (κ3) is 3.15. The summed E-state index contributed by atoms with van der Waals surface area (Å²) in [6, 6.07) is 9.32. The molecule has 94 valence electrons. The lowest BCUT2D eigenvalue weighted by Crippen LogP contribution is -2.14. The second-order valence-corrected chi connectivity index (χ2v) is 5.68. The summed E-state index contributed by atoms with van der Waals surface area (Å²) >= 11 is 1.56. The first-order chi connectivity index (χ1) is 8.79. The van der Waals surface area contributed by atoms with E-state index in [1.54, 1.807) is 18.0 Å². The van der Waals surface area contributed by atoms with Crippen LogP contribution in [-0.2, 0) is 6.54 Å². The zero-order valence-electron chi connectivity index (χ0n) is 10.3. The van der Waals surface area contributed by atoms with Crippen molar-refractivity contribution < 1.29 is 4.42 Å². The molecule has 0 saturated heterocycles. The molecule has 0 atom stereocenters. The van der Waals surface area contributed by atoms with Crippen LogP contribution >= 0.6 is 11.8 Å². The predicted molar refractivity (Wildman–Crippen MR) is 71.7 cm³/mol. The minimum atomic E-state index is 0.705. The van der Waals surface area contributed by atoms with Gasteiger partial charge in [0.05, 0.1) is 5.69 Å². The van der Waals surface area contributed by atoms with Crippen LogP contribution in [0.5, 0.6) is 0 Å². The van der Waals surface area contributed by atoms with Gasteiger partial charge in [-0.2, -0.15) is 0 Å². The Kier molecular flexibility index (Phi) is 3.39. The molecule has 4 heteroatoms. The SMILES string of the molecule is Cc1coc(Sc2ccc(CNC3CC3)cc2)n1. The van der Waals surface area contributed by atoms with E-state index < -0.39 is 0 Å². The molecule has 18 heavy (non-hydrogen) atoms. The Balaban J connectivity index is 1.59. The van der Waals surface area contributed by atoms with Crippen molar-refractivity contribution in [3.8, 4) is 0 Å². The smallest absolute Gasteiger partial charge is 0.260 e. The molecule has 0 radical (unpaired) electrons. The van der Waals surface area contributed by atoms with Gasteiger partial charge in [-0.25, -0.2) is 4.98 Å². The molecule has 1 N–H and O–H groups in total. The minimum absolute atomic E-state index is 0.705. The van der Waals surface area contributed by atoms with Crippen LogP contribution in [0.1, 0.15) is 24.1 Å². The van der Waals surface area contributed by atoms with Gasteiger partial charge in [0.15, 0.2) is 0 Å². The van der Waals surface area contributed by atoms with Crippen LogP contribution in [0.15, 0.2) is 45.1 Å². The third-order valence-electron chi connectivity index (χ3n) is 2.90. The highest BCUT2D eigenvalue weighted by atomic mass is 32.2. The number of rotatable bonds is 5. The summed E-state index contributed by atoms with van der Waals surface area (Å²) in [7, 11) is 0. The van der Waals surface area contributed by atoms with Crippen molar-refractivity contribution in [2.45, 2.75) is 42.5 Å². The first-order valence-electron chi connectivity index (χ1n) is 6.22. The Morgan fingerprint density at radius 1 is 1.33 bits per heavy atom. The van der Waals surface area contributed by atoms with E-state index in [1.807, 2.05) is 6.92 Å². The molecular formula is C14H16N2OS. The van der Waals surface area contributed by atoms with E-state index in [-0.39, 0.29) is 0 Å². The van der Waals surface area contributed by atoms with Crippen molar-refractivity contribution >= 4 is 11.8 Å². The van der Waals surface area contributed by atoms with Gasteiger partial charge in [-0.1, -0.05) is 12.1 Å². The monoisotopic (exact) mass is 260 g/mol. The van der Waals surface area contributed by atoms with Crippen molar-refractivity contribution in [2.75, 3.05) is 0 Å². The highest BCUT2D eigenvalue weighted by Crippen LogP contribution is 2.27. The van der Waals surface area contributed by atoms with E-state index in [2.05, 4.69) is 34.6 Å². The van der Waals surface area contributed by atoms with E-state index in [9.17, 15) is 0 Å². The van der Waals surface area contributed by atoms with Gasteiger partial charge < -0.3 is 9.73 Å². The normalized spacial score (nSPS) is 14.9. The lowest BCUT2D eigenvalue weighted by Gasteiger charge is -2.03. The van der Waals surface area contributed by atoms with Gasteiger partial charge in [-0.05, 0) is 49.2 Å². The fraction of sp³-hybridized carbons (Fsp3) is 0.357. The molecule has 1 aliphatic rings. The Morgan fingerprint density at radius 2 is 2.11 bits per heavy atom. The maximum absolute atomic E-state index is 5.33. The first kappa shape index (κ1) is 11.8. The maximum Gasteiger partial charge on any atom is 0.260 e. The van der Waals surface area contributed by atoms with Gasteiger partial charge in [0.1, 0.15) is 6.26 Å². The maximum atomic E-state index is 5.33. The number of benzene rings is 1. The molecule has 2 aromatic rings. The summed E-state index contributed by atoms with van der Waals surface area (Å²) in [6.07, 6.45) is 4.34. The minimum Gasteiger partial charge on any atom is -0.439 e. The molecule has 1 heterocycles. The number of aromatic nitrogens is 1. The molecular weight excluding hydrogens is 244 g/mol. The van der Waals surface area contributed by atoms with Gasteiger partial charge >= 0.3 is 0 Å². The van der Waals surface area contributed by atoms with E-state index in [0.29, 0.717) is 5.22 Å². The standard InChI is InChI=1S/C14H16N2OS/c1-10-9-17-14(16-10)18-13-6-2-11(3-7-13)8-15-12-4-5-12/h2-3,6-7,9,12,15H,4-5,8H2,1H3. The fourth-order valence-corrected chi connectivity index (χ4v) is 2.46. The average molecular weight is 260 g/mol. The van der Waals surface area contributed by atoms with Crippen LogP contribution in [0, 0.1) is 6.92 Å². The summed E-state index contributed by atoms with van der Waals surface area (Å²) in [6.45, 7) is 2.90. The van der Waals surface area contributed by atoms with E-state index in [1.165, 1.54) is 18.4 Å². The second kappa shape index (κ2) is 5.16. The van der Waals surface area contributed by atoms with Crippen LogP contribution in [0.3, 0.4) is 0 Å². The summed E-state index contributed by atoms with van der Waals surface area (Å²) in [5.74, 6) is 0. The predicted octanol–water partition coefficient (Wildman–Crippen LogP) is 3.39. The third-order valence-corrected chi connectivity index (χ3v) is 3.77. The van der Waals surface area contributed by atoms with Crippen LogP contribution in [0.2, 0.25) is 0 Å². The molecule has 1 aromatic heterocycles. The van der Waals surface area contributed by atoms with Crippen molar-refractivity contribution in [1.29, 1.82) is 0 Å². The Labute approximate surface area is 111 Å². The van der Waals surface area contributed by atoms with Crippen LogP contribution < -0.4 is 5.32 Å². The van der Waals surface area contributed by atoms with E-state index >= 15 is 0 Å². The van der Waals surface area contributed by atoms with Crippen LogP contribution in [-0.4, -0.2) is 11.0 Å². The average Bonchev–Trinajstić information content (AvgIpc) is 3.12. The van der Waals surface area contributed by atoms with Crippen molar-refractivity contribution in [2.24, 2.45) is 0 Å². The topological polar surface area (TPSA) is 38.1 Å². The zero-order chi connectivity index (χ0) is 12.4. The lowest BCUT2D eigenvalue weighted by atomic mass is 10.2. The first-order valence-corrected chi connectivity index (χ1v) is 7.03. The van der Waals surface area contributed by atoms with Gasteiger partial charge in [0, 0.05) is 17.5 Å². The molecule has 0 aliphatic heterocycles. The van der Waals surface area contributed by atoms with Crippen LogP contribution in [0.4, 0.5) is 0 Å². The summed E-state index contributed by atoms with van der Waals surface area (Å²) in [5.41, 5.74) is 2.25. The largest absolute Gasteiger partial charge is 0.439 e. The van der Waals surface area contributed by atoms with Crippen molar-refractivity contribution in [3.05, 3.63) is 41.8 Å². The molecule has 1 fully saturated rings. The fourth-order valence-electron chi connectivity index (χ4n) is 1.71. The Bertz CT molecular complexity index is 517. The van der Waals surface area contributed by atoms with Gasteiger partial charge in [0.2, 0.25) is 0 Å². The van der Waals surface area contributed by atoms with E-state index in [4.69, 9.17) is 4.42 Å². The highest BCUT2D eigenvalue weighted by Gasteiger charge is 2.19. The van der Waals surface area contributed by atoms with Gasteiger partial charge in [-0.15, -0.1) is 0 Å². The number of nitrogens with zero attached hydrogens (tertiary/aromatic N) is 1. The molecule has 0 spiro atoms. The summed E-state index contributed by atoms with van der Waals surface area (Å²) in [4.78, 5) is 5.44. The van der Waals surface area contributed by atoms with Crippen LogP contribution in [0.25, 0.3) is 0 Å². The number of nitrogens with one attached hydrogen (secondary N) is 1. The molecule has 1 saturated carbocycles. The number of hydrogen-bond acceptors (Lipinski definition) is 4. The highest BCUT2D eigenvalue weighted by molar-refractivity contribution is 7.99. The molecule has 3 nitrogen and oxygen atoms in total. The van der Waals surface area contributed by atoms with Gasteiger partial charge in [-0.3, -0.25) is 0 Å². The molecule has 0 amide bonds. The summed E-state index contributed by atoms with van der Waals surface area (Å²) < 4.78 is 5.33. The molecule has 1 aromatic carbocycles. The quantitative estimate of drug-likeness (QED) is 0.894. The molecule has 0 bridgehead atoms. The molecule has 0 unspecified atom stereocenters.